The molecule has 1 aromatic carbocycles. The van der Waals surface area contributed by atoms with Crippen molar-refractivity contribution in [1.29, 1.82) is 0 Å². The number of rotatable bonds is 4. The molecule has 26 heavy (non-hydrogen) atoms. The fourth-order valence-corrected chi connectivity index (χ4v) is 2.98. The van der Waals surface area contributed by atoms with Crippen molar-refractivity contribution in [2.24, 2.45) is 5.73 Å². The van der Waals surface area contributed by atoms with Crippen LogP contribution in [0.25, 0.3) is 22.2 Å². The molecule has 0 radical (unpaired) electrons. The van der Waals surface area contributed by atoms with Crippen molar-refractivity contribution >= 4 is 22.6 Å². The van der Waals surface area contributed by atoms with Crippen LogP contribution in [0.4, 0.5) is 5.69 Å². The Morgan fingerprint density at radius 3 is 2.62 bits per heavy atom. The molecule has 0 fully saturated rings. The molecule has 1 amide bonds. The molecule has 0 unspecified atom stereocenters. The predicted molar refractivity (Wildman–Crippen MR) is 104 cm³/mol. The van der Waals surface area contributed by atoms with Crippen LogP contribution in [0.3, 0.4) is 0 Å². The van der Waals surface area contributed by atoms with Crippen LogP contribution in [0, 0.1) is 13.8 Å². The van der Waals surface area contributed by atoms with E-state index >= 15 is 0 Å². The highest BCUT2D eigenvalue weighted by Gasteiger charge is 2.29. The molecule has 0 bridgehead atoms. The van der Waals surface area contributed by atoms with Crippen molar-refractivity contribution in [3.8, 4) is 11.1 Å². The lowest BCUT2D eigenvalue weighted by Gasteiger charge is -2.24. The Balaban J connectivity index is 1.92. The highest BCUT2D eigenvalue weighted by molar-refractivity contribution is 5.97. The van der Waals surface area contributed by atoms with Crippen LogP contribution < -0.4 is 11.1 Å². The first-order valence-corrected chi connectivity index (χ1v) is 8.51. The number of H-pyrrole nitrogens is 1. The summed E-state index contributed by atoms with van der Waals surface area (Å²) in [5.41, 5.74) is 10.2. The Hall–Kier alpha value is -2.70. The average Bonchev–Trinajstić information content (AvgIpc) is 2.93. The minimum absolute atomic E-state index is 0.419. The second-order valence-electron chi connectivity index (χ2n) is 7.22. The SMILES string of the molecule is Cc1cc2c(-c3ccc(NC(=O)[C@@H](N)C(C)(C)O)cc3C)ccnc2[nH]1. The van der Waals surface area contributed by atoms with E-state index in [0.717, 1.165) is 33.4 Å². The zero-order valence-corrected chi connectivity index (χ0v) is 15.4. The van der Waals surface area contributed by atoms with Crippen LogP contribution in [-0.2, 0) is 4.79 Å². The quantitative estimate of drug-likeness (QED) is 0.579. The van der Waals surface area contributed by atoms with Gasteiger partial charge in [0.25, 0.3) is 0 Å². The maximum atomic E-state index is 12.2. The number of hydrogen-bond donors (Lipinski definition) is 4. The van der Waals surface area contributed by atoms with Crippen molar-refractivity contribution in [3.05, 3.63) is 47.8 Å². The first-order chi connectivity index (χ1) is 12.2. The lowest BCUT2D eigenvalue weighted by molar-refractivity contribution is -0.122. The summed E-state index contributed by atoms with van der Waals surface area (Å²) in [5, 5.41) is 13.7. The molecular formula is C20H24N4O2. The average molecular weight is 352 g/mol. The van der Waals surface area contributed by atoms with E-state index in [2.05, 4.69) is 21.4 Å². The van der Waals surface area contributed by atoms with Gasteiger partial charge in [-0.1, -0.05) is 6.07 Å². The number of amides is 1. The number of aromatic amines is 1. The summed E-state index contributed by atoms with van der Waals surface area (Å²) >= 11 is 0. The Morgan fingerprint density at radius 2 is 1.96 bits per heavy atom. The van der Waals surface area contributed by atoms with E-state index < -0.39 is 17.6 Å². The topological polar surface area (TPSA) is 104 Å². The van der Waals surface area contributed by atoms with Gasteiger partial charge in [0.15, 0.2) is 0 Å². The van der Waals surface area contributed by atoms with Crippen LogP contribution in [0.5, 0.6) is 0 Å². The Kier molecular flexibility index (Phi) is 4.56. The molecule has 5 N–H and O–H groups in total. The zero-order valence-electron chi connectivity index (χ0n) is 15.4. The Labute approximate surface area is 152 Å². The molecule has 0 aliphatic rings. The van der Waals surface area contributed by atoms with Crippen LogP contribution in [0.2, 0.25) is 0 Å². The molecule has 0 aliphatic carbocycles. The summed E-state index contributed by atoms with van der Waals surface area (Å²) < 4.78 is 0. The smallest absolute Gasteiger partial charge is 0.244 e. The zero-order chi connectivity index (χ0) is 19.1. The van der Waals surface area contributed by atoms with Crippen molar-refractivity contribution in [2.45, 2.75) is 39.3 Å². The molecule has 0 spiro atoms. The van der Waals surface area contributed by atoms with Crippen molar-refractivity contribution < 1.29 is 9.90 Å². The summed E-state index contributed by atoms with van der Waals surface area (Å²) in [4.78, 5) is 19.8. The number of anilines is 1. The number of nitrogens with two attached hydrogens (primary N) is 1. The molecule has 136 valence electrons. The molecule has 0 saturated carbocycles. The number of nitrogens with one attached hydrogen (secondary N) is 2. The van der Waals surface area contributed by atoms with E-state index in [0.29, 0.717) is 5.69 Å². The summed E-state index contributed by atoms with van der Waals surface area (Å²) in [5.74, 6) is -0.419. The fraction of sp³-hybridized carbons (Fsp3) is 0.300. The van der Waals surface area contributed by atoms with Crippen LogP contribution in [0.1, 0.15) is 25.1 Å². The molecule has 3 rings (SSSR count). The lowest BCUT2D eigenvalue weighted by atomic mass is 9.97. The van der Waals surface area contributed by atoms with E-state index in [4.69, 9.17) is 5.73 Å². The number of carbonyl (C=O) groups is 1. The molecule has 2 heterocycles. The summed E-state index contributed by atoms with van der Waals surface area (Å²) in [6.07, 6.45) is 1.78. The largest absolute Gasteiger partial charge is 0.388 e. The molecule has 1 atom stereocenters. The van der Waals surface area contributed by atoms with E-state index in [1.807, 2.05) is 38.1 Å². The summed E-state index contributed by atoms with van der Waals surface area (Å²) in [6.45, 7) is 7.02. The van der Waals surface area contributed by atoms with E-state index in [9.17, 15) is 9.90 Å². The van der Waals surface area contributed by atoms with Crippen LogP contribution in [0.15, 0.2) is 36.5 Å². The van der Waals surface area contributed by atoms with E-state index in [1.165, 1.54) is 13.8 Å². The molecule has 0 saturated heterocycles. The Morgan fingerprint density at radius 1 is 1.23 bits per heavy atom. The monoisotopic (exact) mass is 352 g/mol. The summed E-state index contributed by atoms with van der Waals surface area (Å²) in [6, 6.07) is 8.76. The van der Waals surface area contributed by atoms with E-state index in [-0.39, 0.29) is 0 Å². The van der Waals surface area contributed by atoms with Gasteiger partial charge in [0.1, 0.15) is 11.7 Å². The molecule has 3 aromatic rings. The Bertz CT molecular complexity index is 970. The second kappa shape index (κ2) is 6.55. The maximum absolute atomic E-state index is 12.2. The van der Waals surface area contributed by atoms with Gasteiger partial charge in [-0.25, -0.2) is 4.98 Å². The van der Waals surface area contributed by atoms with Gasteiger partial charge in [0, 0.05) is 23.0 Å². The van der Waals surface area contributed by atoms with Crippen LogP contribution >= 0.6 is 0 Å². The van der Waals surface area contributed by atoms with Crippen molar-refractivity contribution in [2.75, 3.05) is 5.32 Å². The van der Waals surface area contributed by atoms with Gasteiger partial charge in [-0.2, -0.15) is 0 Å². The third kappa shape index (κ3) is 3.47. The van der Waals surface area contributed by atoms with Gasteiger partial charge >= 0.3 is 0 Å². The third-order valence-electron chi connectivity index (χ3n) is 4.49. The third-order valence-corrected chi connectivity index (χ3v) is 4.49. The molecule has 6 nitrogen and oxygen atoms in total. The number of pyridine rings is 1. The van der Waals surface area contributed by atoms with Gasteiger partial charge < -0.3 is 21.1 Å². The predicted octanol–water partition coefficient (Wildman–Crippen LogP) is 2.88. The minimum Gasteiger partial charge on any atom is -0.388 e. The minimum atomic E-state index is -1.28. The number of fused-ring (bicyclic) bond motifs is 1. The maximum Gasteiger partial charge on any atom is 0.244 e. The van der Waals surface area contributed by atoms with E-state index in [1.54, 1.807) is 6.20 Å². The van der Waals surface area contributed by atoms with Crippen molar-refractivity contribution in [3.63, 3.8) is 0 Å². The van der Waals surface area contributed by atoms with Gasteiger partial charge in [0.2, 0.25) is 5.91 Å². The molecular weight excluding hydrogens is 328 g/mol. The molecule has 0 aliphatic heterocycles. The highest BCUT2D eigenvalue weighted by Crippen LogP contribution is 2.31. The standard InChI is InChI=1S/C20H24N4O2/c1-11-9-13(24-19(25)17(21)20(3,4)26)5-6-14(11)15-7-8-22-18-16(15)10-12(2)23-18/h5-10,17,26H,21H2,1-4H3,(H,22,23)(H,24,25)/t17-/m1/s1. The molecule has 6 heteroatoms. The second-order valence-corrected chi connectivity index (χ2v) is 7.22. The lowest BCUT2D eigenvalue weighted by Crippen LogP contribution is -2.51. The fourth-order valence-electron chi connectivity index (χ4n) is 2.98. The highest BCUT2D eigenvalue weighted by atomic mass is 16.3. The van der Waals surface area contributed by atoms with Gasteiger partial charge in [-0.15, -0.1) is 0 Å². The van der Waals surface area contributed by atoms with Gasteiger partial charge in [0.05, 0.1) is 5.60 Å². The van der Waals surface area contributed by atoms with Crippen molar-refractivity contribution in [1.82, 2.24) is 9.97 Å². The summed E-state index contributed by atoms with van der Waals surface area (Å²) in [7, 11) is 0. The number of aromatic nitrogens is 2. The number of carbonyl (C=O) groups excluding carboxylic acids is 1. The first kappa shape index (κ1) is 18.1. The number of nitrogens with zero attached hydrogens (tertiary/aromatic N) is 1. The molecule has 2 aromatic heterocycles. The number of benzene rings is 1. The van der Waals surface area contributed by atoms with Crippen LogP contribution in [-0.4, -0.2) is 32.6 Å². The van der Waals surface area contributed by atoms with Gasteiger partial charge in [-0.05, 0) is 68.7 Å². The normalized spacial score (nSPS) is 13.0. The van der Waals surface area contributed by atoms with Gasteiger partial charge in [-0.3, -0.25) is 4.79 Å². The number of aryl methyl sites for hydroxylation is 2. The number of hydrogen-bond acceptors (Lipinski definition) is 4. The number of aliphatic hydroxyl groups is 1. The first-order valence-electron chi connectivity index (χ1n) is 8.51.